The number of carbonyl (C=O) groups is 1. The lowest BCUT2D eigenvalue weighted by Gasteiger charge is -2.36. The van der Waals surface area contributed by atoms with E-state index in [1.54, 1.807) is 7.05 Å². The monoisotopic (exact) mass is 214 g/mol. The Morgan fingerprint density at radius 2 is 2.00 bits per heavy atom. The molecule has 4 heteroatoms. The molecule has 15 heavy (non-hydrogen) atoms. The molecule has 88 valence electrons. The quantitative estimate of drug-likeness (QED) is 0.721. The van der Waals surface area contributed by atoms with Gasteiger partial charge in [0.25, 0.3) is 0 Å². The fourth-order valence-electron chi connectivity index (χ4n) is 2.49. The number of nitrogens with one attached hydrogen (secondary N) is 1. The van der Waals surface area contributed by atoms with Gasteiger partial charge in [0.2, 0.25) is 0 Å². The van der Waals surface area contributed by atoms with E-state index >= 15 is 0 Å². The molecule has 0 aromatic rings. The lowest BCUT2D eigenvalue weighted by atomic mass is 9.91. The lowest BCUT2D eigenvalue weighted by molar-refractivity contribution is -0.140. The molecular weight excluding hydrogens is 192 g/mol. The van der Waals surface area contributed by atoms with Crippen LogP contribution in [0.25, 0.3) is 0 Å². The minimum Gasteiger partial charge on any atom is -0.480 e. The first kappa shape index (κ1) is 12.5. The highest BCUT2D eigenvalue weighted by Gasteiger charge is 2.25. The van der Waals surface area contributed by atoms with Gasteiger partial charge in [-0.05, 0) is 25.3 Å². The van der Waals surface area contributed by atoms with Crippen LogP contribution in [0.3, 0.4) is 0 Å². The van der Waals surface area contributed by atoms with Crippen LogP contribution < -0.4 is 5.32 Å². The number of nitrogens with zero attached hydrogens (tertiary/aromatic N) is 1. The van der Waals surface area contributed by atoms with Crippen molar-refractivity contribution in [2.45, 2.75) is 26.3 Å². The van der Waals surface area contributed by atoms with Crippen LogP contribution in [0.15, 0.2) is 0 Å². The van der Waals surface area contributed by atoms with Gasteiger partial charge in [-0.15, -0.1) is 0 Å². The first-order valence-corrected chi connectivity index (χ1v) is 5.65. The molecule has 0 radical (unpaired) electrons. The summed E-state index contributed by atoms with van der Waals surface area (Å²) in [6.45, 7) is 7.13. The Kier molecular flexibility index (Phi) is 4.54. The molecule has 0 bridgehead atoms. The Balaban J connectivity index is 2.45. The van der Waals surface area contributed by atoms with Crippen molar-refractivity contribution in [1.29, 1.82) is 0 Å². The first-order valence-electron chi connectivity index (χ1n) is 5.65. The van der Waals surface area contributed by atoms with Gasteiger partial charge in [0.1, 0.15) is 6.04 Å². The Morgan fingerprint density at radius 1 is 1.47 bits per heavy atom. The van der Waals surface area contributed by atoms with Gasteiger partial charge in [-0.25, -0.2) is 0 Å². The van der Waals surface area contributed by atoms with Crippen LogP contribution in [-0.4, -0.2) is 48.7 Å². The van der Waals surface area contributed by atoms with Gasteiger partial charge in [0, 0.05) is 19.6 Å². The SMILES string of the molecule is CNC(CN1CC(C)CC(C)C1)C(=O)O. The number of hydrogen-bond donors (Lipinski definition) is 2. The molecule has 3 unspecified atom stereocenters. The highest BCUT2D eigenvalue weighted by molar-refractivity contribution is 5.73. The van der Waals surface area contributed by atoms with Crippen LogP contribution in [0.1, 0.15) is 20.3 Å². The molecule has 0 aromatic carbocycles. The third-order valence-electron chi connectivity index (χ3n) is 3.03. The molecule has 0 aliphatic carbocycles. The summed E-state index contributed by atoms with van der Waals surface area (Å²) in [6.07, 6.45) is 1.26. The standard InChI is InChI=1S/C11H22N2O2/c1-8-4-9(2)6-13(5-8)7-10(12-3)11(14)15/h8-10,12H,4-7H2,1-3H3,(H,14,15). The summed E-state index contributed by atoms with van der Waals surface area (Å²) in [6, 6.07) is -0.442. The van der Waals surface area contributed by atoms with Gasteiger partial charge in [0.05, 0.1) is 0 Å². The molecule has 0 spiro atoms. The molecule has 1 saturated heterocycles. The molecule has 1 fully saturated rings. The summed E-state index contributed by atoms with van der Waals surface area (Å²) < 4.78 is 0. The number of carboxylic acid groups (broad SMARTS) is 1. The topological polar surface area (TPSA) is 52.6 Å². The van der Waals surface area contributed by atoms with Gasteiger partial charge < -0.3 is 15.3 Å². The van der Waals surface area contributed by atoms with E-state index in [1.165, 1.54) is 6.42 Å². The number of carboxylic acids is 1. The van der Waals surface area contributed by atoms with Crippen molar-refractivity contribution in [3.8, 4) is 0 Å². The summed E-state index contributed by atoms with van der Waals surface area (Å²) in [4.78, 5) is 13.1. The molecule has 1 rings (SSSR count). The number of hydrogen-bond acceptors (Lipinski definition) is 3. The number of aliphatic carboxylic acids is 1. The van der Waals surface area contributed by atoms with Crippen LogP contribution in [0.4, 0.5) is 0 Å². The Morgan fingerprint density at radius 3 is 2.40 bits per heavy atom. The van der Waals surface area contributed by atoms with Crippen molar-refractivity contribution in [2.24, 2.45) is 11.8 Å². The maximum absolute atomic E-state index is 10.9. The molecule has 2 N–H and O–H groups in total. The highest BCUT2D eigenvalue weighted by atomic mass is 16.4. The maximum atomic E-state index is 10.9. The largest absolute Gasteiger partial charge is 0.480 e. The molecule has 0 saturated carbocycles. The molecule has 4 nitrogen and oxygen atoms in total. The minimum absolute atomic E-state index is 0.442. The van der Waals surface area contributed by atoms with E-state index in [-0.39, 0.29) is 0 Å². The molecule has 3 atom stereocenters. The molecule has 1 heterocycles. The third-order valence-corrected chi connectivity index (χ3v) is 3.03. The molecule has 0 aromatic heterocycles. The van der Waals surface area contributed by atoms with E-state index in [0.717, 1.165) is 13.1 Å². The summed E-state index contributed by atoms with van der Waals surface area (Å²) >= 11 is 0. The molecule has 1 aliphatic heterocycles. The van der Waals surface area contributed by atoms with Crippen molar-refractivity contribution < 1.29 is 9.90 Å². The van der Waals surface area contributed by atoms with Crippen molar-refractivity contribution in [3.63, 3.8) is 0 Å². The van der Waals surface area contributed by atoms with Crippen molar-refractivity contribution in [2.75, 3.05) is 26.7 Å². The van der Waals surface area contributed by atoms with Crippen LogP contribution in [-0.2, 0) is 4.79 Å². The Bertz CT molecular complexity index is 211. The van der Waals surface area contributed by atoms with Gasteiger partial charge in [0.15, 0.2) is 0 Å². The average molecular weight is 214 g/mol. The summed E-state index contributed by atoms with van der Waals surface area (Å²) in [5, 5.41) is 11.8. The van der Waals surface area contributed by atoms with E-state index < -0.39 is 12.0 Å². The second-order valence-electron chi connectivity index (χ2n) is 4.84. The van der Waals surface area contributed by atoms with Crippen molar-refractivity contribution in [3.05, 3.63) is 0 Å². The Labute approximate surface area is 91.6 Å². The summed E-state index contributed by atoms with van der Waals surface area (Å²) in [5.74, 6) is 0.600. The Hall–Kier alpha value is -0.610. The van der Waals surface area contributed by atoms with Crippen LogP contribution in [0.2, 0.25) is 0 Å². The summed E-state index contributed by atoms with van der Waals surface area (Å²) in [5.41, 5.74) is 0. The van der Waals surface area contributed by atoms with Gasteiger partial charge in [-0.2, -0.15) is 0 Å². The van der Waals surface area contributed by atoms with Crippen molar-refractivity contribution in [1.82, 2.24) is 10.2 Å². The van der Waals surface area contributed by atoms with Gasteiger partial charge in [-0.1, -0.05) is 13.8 Å². The predicted octanol–water partition coefficient (Wildman–Crippen LogP) is 0.637. The van der Waals surface area contributed by atoms with Gasteiger partial charge in [-0.3, -0.25) is 4.79 Å². The normalized spacial score (nSPS) is 30.1. The van der Waals surface area contributed by atoms with E-state index in [4.69, 9.17) is 5.11 Å². The zero-order valence-corrected chi connectivity index (χ0v) is 9.86. The van der Waals surface area contributed by atoms with Crippen LogP contribution in [0, 0.1) is 11.8 Å². The third kappa shape index (κ3) is 3.80. The van der Waals surface area contributed by atoms with Crippen molar-refractivity contribution >= 4 is 5.97 Å². The smallest absolute Gasteiger partial charge is 0.322 e. The second kappa shape index (κ2) is 5.47. The average Bonchev–Trinajstić information content (AvgIpc) is 2.12. The fraction of sp³-hybridized carbons (Fsp3) is 0.909. The second-order valence-corrected chi connectivity index (χ2v) is 4.84. The zero-order valence-electron chi connectivity index (χ0n) is 9.86. The first-order chi connectivity index (χ1) is 7.02. The fourth-order valence-corrected chi connectivity index (χ4v) is 2.49. The minimum atomic E-state index is -0.761. The van der Waals surface area contributed by atoms with E-state index in [9.17, 15) is 4.79 Å². The van der Waals surface area contributed by atoms with Crippen LogP contribution in [0.5, 0.6) is 0 Å². The van der Waals surface area contributed by atoms with E-state index in [2.05, 4.69) is 24.1 Å². The number of piperidine rings is 1. The number of rotatable bonds is 4. The van der Waals surface area contributed by atoms with E-state index in [0.29, 0.717) is 18.4 Å². The van der Waals surface area contributed by atoms with Gasteiger partial charge >= 0.3 is 5.97 Å². The predicted molar refractivity (Wildman–Crippen MR) is 59.9 cm³/mol. The lowest BCUT2D eigenvalue weighted by Crippen LogP contribution is -2.48. The maximum Gasteiger partial charge on any atom is 0.322 e. The number of likely N-dealkylation sites (N-methyl/N-ethyl adjacent to an activating group) is 1. The van der Waals surface area contributed by atoms with E-state index in [1.807, 2.05) is 0 Å². The molecule has 0 amide bonds. The zero-order chi connectivity index (χ0) is 11.4. The molecular formula is C11H22N2O2. The summed E-state index contributed by atoms with van der Waals surface area (Å²) in [7, 11) is 1.70. The number of likely N-dealkylation sites (tertiary alicyclic amines) is 1. The highest BCUT2D eigenvalue weighted by Crippen LogP contribution is 2.20. The van der Waals surface area contributed by atoms with Crippen LogP contribution >= 0.6 is 0 Å². The molecule has 1 aliphatic rings.